The molecule has 0 saturated carbocycles. The molecular weight excluding hydrogens is 460 g/mol. The van der Waals surface area contributed by atoms with E-state index in [0.717, 1.165) is 32.7 Å². The van der Waals surface area contributed by atoms with Crippen molar-refractivity contribution >= 4 is 11.3 Å². The Hall–Kier alpha value is -4.22. The fourth-order valence-electron chi connectivity index (χ4n) is 5.31. The second-order valence-corrected chi connectivity index (χ2v) is 9.84. The molecule has 4 nitrogen and oxygen atoms in total. The lowest BCUT2D eigenvalue weighted by atomic mass is 9.60. The van der Waals surface area contributed by atoms with Crippen LogP contribution in [0.15, 0.2) is 147 Å². The van der Waals surface area contributed by atoms with Crippen LogP contribution < -0.4 is 0 Å². The van der Waals surface area contributed by atoms with Gasteiger partial charge in [0.05, 0.1) is 10.3 Å². The van der Waals surface area contributed by atoms with Crippen LogP contribution in [0, 0.1) is 6.92 Å². The molecule has 0 amide bonds. The van der Waals surface area contributed by atoms with E-state index in [9.17, 15) is 0 Å². The first-order valence-electron chi connectivity index (χ1n) is 11.9. The van der Waals surface area contributed by atoms with Crippen molar-refractivity contribution < 1.29 is 0 Å². The van der Waals surface area contributed by atoms with Gasteiger partial charge < -0.3 is 0 Å². The van der Waals surface area contributed by atoms with Gasteiger partial charge >= 0.3 is 0 Å². The van der Waals surface area contributed by atoms with Gasteiger partial charge in [-0.1, -0.05) is 121 Å². The quantitative estimate of drug-likeness (QED) is 0.216. The minimum absolute atomic E-state index is 0.815. The van der Waals surface area contributed by atoms with E-state index in [0.29, 0.717) is 0 Å². The van der Waals surface area contributed by atoms with Crippen molar-refractivity contribution in [3.05, 3.63) is 154 Å². The summed E-state index contributed by atoms with van der Waals surface area (Å²) < 4.78 is 0. The highest BCUT2D eigenvalue weighted by molar-refractivity contribution is 7.10. The molecule has 0 unspecified atom stereocenters. The number of thiophene rings is 1. The molecule has 36 heavy (non-hydrogen) atoms. The van der Waals surface area contributed by atoms with Crippen LogP contribution in [0.25, 0.3) is 11.1 Å². The monoisotopic (exact) mass is 484 g/mol. The molecule has 5 aromatic rings. The van der Waals surface area contributed by atoms with E-state index in [2.05, 4.69) is 126 Å². The maximum absolute atomic E-state index is 4.92. The smallest absolute Gasteiger partial charge is 0.143 e. The van der Waals surface area contributed by atoms with Crippen molar-refractivity contribution in [2.75, 3.05) is 0 Å². The minimum Gasteiger partial charge on any atom is -0.143 e. The minimum atomic E-state index is -1.13. The first-order chi connectivity index (χ1) is 17.8. The molecular formula is C31H24N4S. The van der Waals surface area contributed by atoms with E-state index in [-0.39, 0.29) is 0 Å². The molecule has 5 heteroatoms. The van der Waals surface area contributed by atoms with Crippen LogP contribution in [0.3, 0.4) is 0 Å². The Balaban J connectivity index is 1.75. The molecule has 0 radical (unpaired) electrons. The highest BCUT2D eigenvalue weighted by atomic mass is 32.1. The Morgan fingerprint density at radius 1 is 0.583 bits per heavy atom. The molecule has 174 valence electrons. The summed E-state index contributed by atoms with van der Waals surface area (Å²) in [6, 6.07) is 42.2. The Bertz CT molecular complexity index is 1410. The van der Waals surface area contributed by atoms with Crippen molar-refractivity contribution in [1.29, 1.82) is 0 Å². The fourth-order valence-corrected chi connectivity index (χ4v) is 6.36. The summed E-state index contributed by atoms with van der Waals surface area (Å²) in [5.41, 5.74) is 4.71. The molecule has 2 heterocycles. The van der Waals surface area contributed by atoms with Gasteiger partial charge in [-0.3, -0.25) is 0 Å². The SMILES string of the molecule is Cc1ccc(-c2ccsc2C2(C(c3ccccc3)(c3ccccc3)c3ccccc3)N=NN=N2)cc1. The van der Waals surface area contributed by atoms with E-state index >= 15 is 0 Å². The van der Waals surface area contributed by atoms with Crippen LogP contribution in [0.1, 0.15) is 27.1 Å². The van der Waals surface area contributed by atoms with Gasteiger partial charge in [-0.2, -0.15) is 0 Å². The normalized spacial score (nSPS) is 14.2. The maximum Gasteiger partial charge on any atom is 0.247 e. The van der Waals surface area contributed by atoms with E-state index in [4.69, 9.17) is 10.2 Å². The van der Waals surface area contributed by atoms with Crippen molar-refractivity contribution in [3.63, 3.8) is 0 Å². The van der Waals surface area contributed by atoms with Gasteiger partial charge in [0.25, 0.3) is 0 Å². The standard InChI is InChI=1S/C31H24N4S/c1-23-17-19-24(20-18-23)28-21-22-36-29(28)31(32-34-35-33-31)30(25-11-5-2-6-12-25,26-13-7-3-8-14-26)27-15-9-4-10-16-27/h2-22H,1H3. The van der Waals surface area contributed by atoms with Crippen molar-refractivity contribution in [3.8, 4) is 11.1 Å². The van der Waals surface area contributed by atoms with Crippen molar-refractivity contribution in [1.82, 2.24) is 0 Å². The number of hydrogen-bond donors (Lipinski definition) is 0. The summed E-state index contributed by atoms with van der Waals surface area (Å²) in [7, 11) is 0. The van der Waals surface area contributed by atoms with E-state index in [1.807, 2.05) is 18.2 Å². The molecule has 1 aliphatic rings. The summed E-state index contributed by atoms with van der Waals surface area (Å²) in [6.45, 7) is 2.10. The van der Waals surface area contributed by atoms with Crippen LogP contribution in [0.4, 0.5) is 0 Å². The van der Waals surface area contributed by atoms with Crippen LogP contribution in [-0.4, -0.2) is 0 Å². The Morgan fingerprint density at radius 2 is 1.06 bits per heavy atom. The molecule has 6 rings (SSSR count). The molecule has 1 aromatic heterocycles. The van der Waals surface area contributed by atoms with E-state index < -0.39 is 11.1 Å². The van der Waals surface area contributed by atoms with Crippen LogP contribution in [-0.2, 0) is 11.1 Å². The predicted octanol–water partition coefficient (Wildman–Crippen LogP) is 8.74. The second kappa shape index (κ2) is 9.10. The van der Waals surface area contributed by atoms with Gasteiger partial charge in [0, 0.05) is 5.56 Å². The predicted molar refractivity (Wildman–Crippen MR) is 145 cm³/mol. The van der Waals surface area contributed by atoms with Crippen molar-refractivity contribution in [2.24, 2.45) is 20.7 Å². The topological polar surface area (TPSA) is 49.4 Å². The van der Waals surface area contributed by atoms with Gasteiger partial charge in [-0.05, 0) is 51.1 Å². The van der Waals surface area contributed by atoms with Gasteiger partial charge in [-0.25, -0.2) is 0 Å². The average molecular weight is 485 g/mol. The van der Waals surface area contributed by atoms with Gasteiger partial charge in [0.15, 0.2) is 0 Å². The molecule has 0 fully saturated rings. The second-order valence-electron chi connectivity index (χ2n) is 8.93. The Labute approximate surface area is 214 Å². The zero-order chi connectivity index (χ0) is 24.4. The summed E-state index contributed by atoms with van der Waals surface area (Å²) in [5.74, 6) is 0. The van der Waals surface area contributed by atoms with E-state index in [1.54, 1.807) is 11.3 Å². The zero-order valence-corrected chi connectivity index (χ0v) is 20.6. The third-order valence-corrected chi connectivity index (χ3v) is 7.92. The first-order valence-corrected chi connectivity index (χ1v) is 12.8. The number of hydrogen-bond acceptors (Lipinski definition) is 5. The third-order valence-electron chi connectivity index (χ3n) is 6.91. The number of rotatable bonds is 6. The first kappa shape index (κ1) is 22.3. The summed E-state index contributed by atoms with van der Waals surface area (Å²) in [6.07, 6.45) is 0. The van der Waals surface area contributed by atoms with Crippen LogP contribution in [0.5, 0.6) is 0 Å². The Kier molecular flexibility index (Phi) is 5.62. The number of benzene rings is 4. The van der Waals surface area contributed by atoms with Gasteiger partial charge in [0.1, 0.15) is 0 Å². The largest absolute Gasteiger partial charge is 0.247 e. The molecule has 0 aliphatic carbocycles. The fraction of sp³-hybridized carbons (Fsp3) is 0.0968. The lowest BCUT2D eigenvalue weighted by Crippen LogP contribution is -2.47. The number of aryl methyl sites for hydroxylation is 1. The zero-order valence-electron chi connectivity index (χ0n) is 19.8. The third kappa shape index (κ3) is 3.35. The maximum atomic E-state index is 4.92. The summed E-state index contributed by atoms with van der Waals surface area (Å²) in [4.78, 5) is 1.01. The van der Waals surface area contributed by atoms with Gasteiger partial charge in [-0.15, -0.1) is 21.6 Å². The lowest BCUT2D eigenvalue weighted by molar-refractivity contribution is 0.325. The highest BCUT2D eigenvalue weighted by Gasteiger charge is 2.60. The highest BCUT2D eigenvalue weighted by Crippen LogP contribution is 2.59. The average Bonchev–Trinajstić information content (AvgIpc) is 3.63. The van der Waals surface area contributed by atoms with Crippen LogP contribution in [0.2, 0.25) is 0 Å². The van der Waals surface area contributed by atoms with E-state index in [1.165, 1.54) is 5.56 Å². The summed E-state index contributed by atoms with van der Waals surface area (Å²) in [5, 5.41) is 20.3. The molecule has 1 aliphatic heterocycles. The molecule has 0 spiro atoms. The van der Waals surface area contributed by atoms with Gasteiger partial charge in [0.2, 0.25) is 5.66 Å². The lowest BCUT2D eigenvalue weighted by Gasteiger charge is -2.44. The molecule has 0 N–H and O–H groups in total. The summed E-state index contributed by atoms with van der Waals surface area (Å²) >= 11 is 1.65. The van der Waals surface area contributed by atoms with Crippen molar-refractivity contribution in [2.45, 2.75) is 18.0 Å². The van der Waals surface area contributed by atoms with Crippen LogP contribution >= 0.6 is 11.3 Å². The Morgan fingerprint density at radius 3 is 1.53 bits per heavy atom. The molecule has 4 aromatic carbocycles. The molecule has 0 saturated heterocycles. The molecule has 0 atom stereocenters. The molecule has 0 bridgehead atoms. The number of nitrogens with zero attached hydrogens (tertiary/aromatic N) is 4.